The van der Waals surface area contributed by atoms with Crippen LogP contribution in [-0.2, 0) is 9.59 Å². The fraction of sp³-hybridized carbons (Fsp3) is 0.846. The predicted octanol–water partition coefficient (Wildman–Crippen LogP) is 4.91. The number of hydrogen-bond donors (Lipinski definition) is 1. The first-order chi connectivity index (χ1) is 14.1. The molecule has 0 saturated carbocycles. The van der Waals surface area contributed by atoms with Gasteiger partial charge in [0.15, 0.2) is 5.78 Å². The van der Waals surface area contributed by atoms with E-state index in [0.717, 1.165) is 0 Å². The summed E-state index contributed by atoms with van der Waals surface area (Å²) in [4.78, 5) is 22.1. The Labute approximate surface area is 169 Å². The summed E-state index contributed by atoms with van der Waals surface area (Å²) in [6.07, 6.45) is -29.5. The minimum absolute atomic E-state index is 3.05. The Balaban J connectivity index is 6.45. The van der Waals surface area contributed by atoms with Crippen LogP contribution in [0.1, 0.15) is 12.8 Å². The normalized spacial score (nSPS) is 18.5. The summed E-state index contributed by atoms with van der Waals surface area (Å²) in [5.74, 6) is -29.8. The average molecular weight is 534 g/mol. The van der Waals surface area contributed by atoms with Crippen LogP contribution in [0.3, 0.4) is 0 Å². The van der Waals surface area contributed by atoms with Gasteiger partial charge >= 0.3 is 30.4 Å². The van der Waals surface area contributed by atoms with Crippen molar-refractivity contribution >= 4 is 11.6 Å². The standard InChI is InChI=1S/C13H7F17O3/c14-6(3-31,11(22,23)24)4(32)2-8(16,17)7(15,12(25,26)27)1-5(33)9(18,19)10(20,21)13(28,29)30/h31H,1-3H2/t6-,7-/m1/s1. The van der Waals surface area contributed by atoms with E-state index in [-0.39, 0.29) is 0 Å². The zero-order chi connectivity index (χ0) is 27.3. The summed E-state index contributed by atoms with van der Waals surface area (Å²) in [5, 5.41) is 8.25. The Morgan fingerprint density at radius 3 is 1.21 bits per heavy atom. The van der Waals surface area contributed by atoms with E-state index < -0.39 is 78.6 Å². The number of alkyl halides is 17. The van der Waals surface area contributed by atoms with Crippen LogP contribution >= 0.6 is 0 Å². The predicted molar refractivity (Wildman–Crippen MR) is 67.0 cm³/mol. The van der Waals surface area contributed by atoms with Crippen molar-refractivity contribution in [2.75, 3.05) is 6.61 Å². The van der Waals surface area contributed by atoms with Crippen molar-refractivity contribution in [3.8, 4) is 0 Å². The van der Waals surface area contributed by atoms with Gasteiger partial charge in [-0.1, -0.05) is 0 Å². The van der Waals surface area contributed by atoms with Crippen LogP contribution in [0.4, 0.5) is 74.6 Å². The van der Waals surface area contributed by atoms with Crippen LogP contribution in [0, 0.1) is 0 Å². The van der Waals surface area contributed by atoms with Gasteiger partial charge in [0.1, 0.15) is 0 Å². The van der Waals surface area contributed by atoms with Crippen molar-refractivity contribution in [2.45, 2.75) is 60.5 Å². The first kappa shape index (κ1) is 31.1. The van der Waals surface area contributed by atoms with Gasteiger partial charge in [0.05, 0.1) is 19.4 Å². The van der Waals surface area contributed by atoms with Crippen LogP contribution in [-0.4, -0.2) is 70.9 Å². The molecule has 1 N–H and O–H groups in total. The zero-order valence-electron chi connectivity index (χ0n) is 14.8. The number of aliphatic hydroxyl groups excluding tert-OH is 1. The van der Waals surface area contributed by atoms with Crippen LogP contribution in [0.25, 0.3) is 0 Å². The molecule has 0 aliphatic rings. The summed E-state index contributed by atoms with van der Waals surface area (Å²) in [5.41, 5.74) is -12.7. The van der Waals surface area contributed by atoms with E-state index >= 15 is 0 Å². The van der Waals surface area contributed by atoms with Crippen LogP contribution in [0.2, 0.25) is 0 Å². The minimum Gasteiger partial charge on any atom is -0.392 e. The molecule has 3 nitrogen and oxygen atoms in total. The summed E-state index contributed by atoms with van der Waals surface area (Å²) in [6.45, 7) is -3.05. The van der Waals surface area contributed by atoms with E-state index in [2.05, 4.69) is 0 Å². The third kappa shape index (κ3) is 5.13. The molecular weight excluding hydrogens is 527 g/mol. The van der Waals surface area contributed by atoms with Crippen molar-refractivity contribution in [3.05, 3.63) is 0 Å². The molecule has 0 rings (SSSR count). The van der Waals surface area contributed by atoms with Gasteiger partial charge in [-0.05, 0) is 0 Å². The molecule has 0 aliphatic carbocycles. The van der Waals surface area contributed by atoms with E-state index in [1.807, 2.05) is 0 Å². The Bertz CT molecular complexity index is 749. The molecule has 0 amide bonds. The highest BCUT2D eigenvalue weighted by molar-refractivity contribution is 5.90. The SMILES string of the molecule is O=C(C[C@](F)(C(F)(F)F)C(F)(F)CC(=O)[C@](F)(CO)C(F)(F)F)C(F)(F)C(F)(F)C(F)(F)F. The molecule has 0 bridgehead atoms. The molecule has 0 aromatic heterocycles. The minimum atomic E-state index is -7.53. The van der Waals surface area contributed by atoms with Crippen molar-refractivity contribution in [2.24, 2.45) is 0 Å². The van der Waals surface area contributed by atoms with Gasteiger partial charge in [0.2, 0.25) is 5.78 Å². The zero-order valence-corrected chi connectivity index (χ0v) is 14.8. The maximum absolute atomic E-state index is 14.1. The van der Waals surface area contributed by atoms with Gasteiger partial charge in [-0.3, -0.25) is 9.59 Å². The van der Waals surface area contributed by atoms with Crippen LogP contribution < -0.4 is 0 Å². The maximum Gasteiger partial charge on any atom is 0.460 e. The highest BCUT2D eigenvalue weighted by Gasteiger charge is 2.79. The molecule has 0 aromatic carbocycles. The Morgan fingerprint density at radius 2 is 0.939 bits per heavy atom. The average Bonchev–Trinajstić information content (AvgIpc) is 2.56. The van der Waals surface area contributed by atoms with Gasteiger partial charge in [-0.2, -0.15) is 57.1 Å². The molecule has 2 atom stereocenters. The van der Waals surface area contributed by atoms with Gasteiger partial charge in [-0.15, -0.1) is 0 Å². The van der Waals surface area contributed by atoms with E-state index in [4.69, 9.17) is 5.11 Å². The number of aliphatic hydroxyl groups is 1. The molecule has 0 radical (unpaired) electrons. The number of carbonyl (C=O) groups excluding carboxylic acids is 2. The lowest BCUT2D eigenvalue weighted by atomic mass is 9.83. The third-order valence-electron chi connectivity index (χ3n) is 4.03. The van der Waals surface area contributed by atoms with Gasteiger partial charge in [0.25, 0.3) is 17.3 Å². The highest BCUT2D eigenvalue weighted by Crippen LogP contribution is 2.54. The fourth-order valence-corrected chi connectivity index (χ4v) is 1.94. The van der Waals surface area contributed by atoms with Crippen molar-refractivity contribution in [1.82, 2.24) is 0 Å². The lowest BCUT2D eigenvalue weighted by Gasteiger charge is -2.37. The summed E-state index contributed by atoms with van der Waals surface area (Å²) < 4.78 is 219. The number of halogens is 17. The monoisotopic (exact) mass is 534 g/mol. The first-order valence-corrected chi connectivity index (χ1v) is 7.45. The Morgan fingerprint density at radius 1 is 0.545 bits per heavy atom. The lowest BCUT2D eigenvalue weighted by Crippen LogP contribution is -2.63. The number of ketones is 2. The van der Waals surface area contributed by atoms with Gasteiger partial charge < -0.3 is 5.11 Å². The van der Waals surface area contributed by atoms with Crippen molar-refractivity contribution in [1.29, 1.82) is 0 Å². The van der Waals surface area contributed by atoms with E-state index in [1.54, 1.807) is 0 Å². The molecular formula is C13H7F17O3. The smallest absolute Gasteiger partial charge is 0.392 e. The second-order valence-corrected chi connectivity index (χ2v) is 6.31. The summed E-state index contributed by atoms with van der Waals surface area (Å²) in [7, 11) is 0. The Hall–Kier alpha value is -1.89. The molecule has 196 valence electrons. The highest BCUT2D eigenvalue weighted by atomic mass is 19.4. The van der Waals surface area contributed by atoms with Gasteiger partial charge in [-0.25, -0.2) is 17.6 Å². The van der Waals surface area contributed by atoms with Crippen LogP contribution in [0.15, 0.2) is 0 Å². The van der Waals surface area contributed by atoms with E-state index in [1.165, 1.54) is 0 Å². The number of hydrogen-bond acceptors (Lipinski definition) is 3. The van der Waals surface area contributed by atoms with E-state index in [9.17, 15) is 84.2 Å². The topological polar surface area (TPSA) is 54.4 Å². The van der Waals surface area contributed by atoms with Crippen molar-refractivity contribution in [3.63, 3.8) is 0 Å². The number of carbonyl (C=O) groups is 2. The largest absolute Gasteiger partial charge is 0.460 e. The molecule has 33 heavy (non-hydrogen) atoms. The van der Waals surface area contributed by atoms with Gasteiger partial charge in [0, 0.05) is 0 Å². The molecule has 0 aromatic rings. The lowest BCUT2D eigenvalue weighted by molar-refractivity contribution is -0.346. The molecule has 0 fully saturated rings. The molecule has 0 saturated heterocycles. The number of Topliss-reactive ketones (excluding diaryl/α,β-unsaturated/α-hetero) is 2. The second-order valence-electron chi connectivity index (χ2n) is 6.31. The molecule has 0 spiro atoms. The maximum atomic E-state index is 14.1. The molecule has 0 heterocycles. The van der Waals surface area contributed by atoms with E-state index in [0.29, 0.717) is 0 Å². The Kier molecular flexibility index (Phi) is 7.92. The van der Waals surface area contributed by atoms with Crippen LogP contribution in [0.5, 0.6) is 0 Å². The molecule has 0 unspecified atom stereocenters. The summed E-state index contributed by atoms with van der Waals surface area (Å²) in [6, 6.07) is 0. The fourth-order valence-electron chi connectivity index (χ4n) is 1.94. The second kappa shape index (κ2) is 8.40. The molecule has 20 heteroatoms. The first-order valence-electron chi connectivity index (χ1n) is 7.45. The summed E-state index contributed by atoms with van der Waals surface area (Å²) >= 11 is 0. The quantitative estimate of drug-likeness (QED) is 0.429. The third-order valence-corrected chi connectivity index (χ3v) is 4.03. The van der Waals surface area contributed by atoms with Crippen molar-refractivity contribution < 1.29 is 89.3 Å². The molecule has 0 aliphatic heterocycles. The number of rotatable bonds is 9.